The van der Waals surface area contributed by atoms with Crippen molar-refractivity contribution in [3.05, 3.63) is 33.6 Å². The van der Waals surface area contributed by atoms with Gasteiger partial charge in [-0.15, -0.1) is 11.3 Å². The van der Waals surface area contributed by atoms with Crippen LogP contribution in [-0.4, -0.2) is 60.5 Å². The predicted molar refractivity (Wildman–Crippen MR) is 105 cm³/mol. The summed E-state index contributed by atoms with van der Waals surface area (Å²) in [4.78, 5) is 21.0. The summed E-state index contributed by atoms with van der Waals surface area (Å²) in [6.07, 6.45) is 3.66. The Morgan fingerprint density at radius 2 is 2.18 bits per heavy atom. The van der Waals surface area contributed by atoms with E-state index in [0.717, 1.165) is 55.4 Å². The Bertz CT molecular complexity index is 784. The van der Waals surface area contributed by atoms with Crippen molar-refractivity contribution in [1.29, 1.82) is 0 Å². The first-order valence-corrected chi connectivity index (χ1v) is 10.8. The monoisotopic (exact) mass is 405 g/mol. The molecule has 2 aliphatic heterocycles. The predicted octanol–water partition coefficient (Wildman–Crippen LogP) is 3.05. The third kappa shape index (κ3) is 4.79. The maximum absolute atomic E-state index is 12.6. The number of hydrogen-bond donors (Lipinski definition) is 0. The molecular formula is C20H27N3O4S. The van der Waals surface area contributed by atoms with E-state index in [-0.39, 0.29) is 11.8 Å². The molecule has 0 bridgehead atoms. The van der Waals surface area contributed by atoms with Gasteiger partial charge in [0.2, 0.25) is 5.89 Å². The van der Waals surface area contributed by atoms with Gasteiger partial charge in [0.15, 0.2) is 5.82 Å². The number of carbonyl (C=O) groups excluding carboxylic acids is 1. The fourth-order valence-corrected chi connectivity index (χ4v) is 4.55. The summed E-state index contributed by atoms with van der Waals surface area (Å²) in [5.41, 5.74) is 0. The lowest BCUT2D eigenvalue weighted by molar-refractivity contribution is 0.0211. The minimum absolute atomic E-state index is 0.0989. The van der Waals surface area contributed by atoms with Crippen LogP contribution in [0, 0.1) is 12.8 Å². The van der Waals surface area contributed by atoms with Crippen LogP contribution in [0.15, 0.2) is 16.7 Å². The number of aromatic nitrogens is 2. The molecule has 28 heavy (non-hydrogen) atoms. The van der Waals surface area contributed by atoms with Gasteiger partial charge in [0.1, 0.15) is 0 Å². The zero-order valence-corrected chi connectivity index (χ0v) is 17.1. The molecule has 0 spiro atoms. The van der Waals surface area contributed by atoms with Crippen LogP contribution >= 0.6 is 11.3 Å². The van der Waals surface area contributed by atoms with Crippen molar-refractivity contribution in [1.82, 2.24) is 15.0 Å². The molecule has 0 radical (unpaired) electrons. The van der Waals surface area contributed by atoms with Crippen molar-refractivity contribution in [3.8, 4) is 0 Å². The zero-order chi connectivity index (χ0) is 19.3. The van der Waals surface area contributed by atoms with Gasteiger partial charge < -0.3 is 18.9 Å². The normalized spacial score (nSPS) is 20.8. The molecule has 1 atom stereocenters. The van der Waals surface area contributed by atoms with Crippen molar-refractivity contribution in [2.45, 2.75) is 38.5 Å². The van der Waals surface area contributed by atoms with Gasteiger partial charge in [-0.05, 0) is 44.2 Å². The molecule has 8 heteroatoms. The molecule has 2 aliphatic rings. The highest BCUT2D eigenvalue weighted by Crippen LogP contribution is 2.28. The summed E-state index contributed by atoms with van der Waals surface area (Å²) in [5, 5.41) is 4.09. The highest BCUT2D eigenvalue weighted by molar-refractivity contribution is 7.13. The van der Waals surface area contributed by atoms with Gasteiger partial charge in [0.05, 0.1) is 17.4 Å². The minimum atomic E-state index is 0.0989. The summed E-state index contributed by atoms with van der Waals surface area (Å²) >= 11 is 1.54. The van der Waals surface area contributed by atoms with E-state index in [1.54, 1.807) is 11.3 Å². The number of hydrogen-bond acceptors (Lipinski definition) is 7. The van der Waals surface area contributed by atoms with Crippen LogP contribution < -0.4 is 0 Å². The molecule has 2 saturated heterocycles. The maximum atomic E-state index is 12.6. The molecule has 2 aromatic heterocycles. The first-order chi connectivity index (χ1) is 13.7. The van der Waals surface area contributed by atoms with Crippen LogP contribution in [0.25, 0.3) is 0 Å². The quantitative estimate of drug-likeness (QED) is 0.659. The van der Waals surface area contributed by atoms with E-state index in [9.17, 15) is 4.79 Å². The van der Waals surface area contributed by atoms with E-state index in [1.807, 2.05) is 24.0 Å². The number of amides is 1. The Balaban J connectivity index is 1.22. The second-order valence-electron chi connectivity index (χ2n) is 7.58. The van der Waals surface area contributed by atoms with Crippen molar-refractivity contribution in [2.75, 3.05) is 39.5 Å². The third-order valence-electron chi connectivity index (χ3n) is 5.42. The van der Waals surface area contributed by atoms with Gasteiger partial charge in [-0.3, -0.25) is 4.79 Å². The lowest BCUT2D eigenvalue weighted by atomic mass is 10.0. The lowest BCUT2D eigenvalue weighted by Gasteiger charge is -2.21. The topological polar surface area (TPSA) is 77.7 Å². The van der Waals surface area contributed by atoms with Crippen molar-refractivity contribution in [3.63, 3.8) is 0 Å². The average molecular weight is 406 g/mol. The molecule has 0 aliphatic carbocycles. The van der Waals surface area contributed by atoms with Crippen molar-refractivity contribution < 1.29 is 18.8 Å². The molecule has 7 nitrogen and oxygen atoms in total. The van der Waals surface area contributed by atoms with Crippen molar-refractivity contribution >= 4 is 17.2 Å². The van der Waals surface area contributed by atoms with E-state index < -0.39 is 0 Å². The van der Waals surface area contributed by atoms with E-state index >= 15 is 0 Å². The highest BCUT2D eigenvalue weighted by Gasteiger charge is 2.32. The number of rotatable bonds is 7. The van der Waals surface area contributed by atoms with Gasteiger partial charge in [0, 0.05) is 44.2 Å². The van der Waals surface area contributed by atoms with Crippen molar-refractivity contribution in [2.24, 2.45) is 5.92 Å². The fraction of sp³-hybridized carbons (Fsp3) is 0.650. The Hall–Kier alpha value is -1.77. The number of carbonyl (C=O) groups is 1. The number of ether oxygens (including phenoxy) is 2. The molecule has 1 unspecified atom stereocenters. The first-order valence-electron chi connectivity index (χ1n) is 10.0. The summed E-state index contributed by atoms with van der Waals surface area (Å²) in [6, 6.07) is 3.89. The lowest BCUT2D eigenvalue weighted by Crippen LogP contribution is -2.27. The van der Waals surface area contributed by atoms with Crippen LogP contribution in [-0.2, 0) is 15.9 Å². The van der Waals surface area contributed by atoms with Gasteiger partial charge in [-0.25, -0.2) is 0 Å². The van der Waals surface area contributed by atoms with Gasteiger partial charge in [0.25, 0.3) is 5.91 Å². The van der Waals surface area contributed by atoms with Crippen LogP contribution in [0.2, 0.25) is 0 Å². The largest absolute Gasteiger partial charge is 0.381 e. The summed E-state index contributed by atoms with van der Waals surface area (Å²) in [5.74, 6) is 2.14. The van der Waals surface area contributed by atoms with Gasteiger partial charge in [-0.2, -0.15) is 4.98 Å². The maximum Gasteiger partial charge on any atom is 0.263 e. The Morgan fingerprint density at radius 3 is 2.96 bits per heavy atom. The second-order valence-corrected chi connectivity index (χ2v) is 8.86. The molecule has 4 heterocycles. The second kappa shape index (κ2) is 9.15. The molecule has 2 aromatic rings. The summed E-state index contributed by atoms with van der Waals surface area (Å²) in [7, 11) is 0. The molecular weight excluding hydrogens is 378 g/mol. The van der Waals surface area contributed by atoms with Crippen LogP contribution in [0.3, 0.4) is 0 Å². The van der Waals surface area contributed by atoms with Gasteiger partial charge >= 0.3 is 0 Å². The smallest absolute Gasteiger partial charge is 0.263 e. The SMILES string of the molecule is Cc1ccc(C(=O)N2CCC(c3nc(CCOCC4CCOCC4)no3)C2)s1. The average Bonchev–Trinajstić information content (AvgIpc) is 3.46. The Morgan fingerprint density at radius 1 is 1.32 bits per heavy atom. The first kappa shape index (κ1) is 19.5. The molecule has 2 fully saturated rings. The minimum Gasteiger partial charge on any atom is -0.381 e. The fourth-order valence-electron chi connectivity index (χ4n) is 3.71. The molecule has 4 rings (SSSR count). The third-order valence-corrected chi connectivity index (χ3v) is 6.41. The number of likely N-dealkylation sites (tertiary alicyclic amines) is 1. The van der Waals surface area contributed by atoms with Gasteiger partial charge in [-0.1, -0.05) is 5.16 Å². The summed E-state index contributed by atoms with van der Waals surface area (Å²) < 4.78 is 16.6. The van der Waals surface area contributed by atoms with Crippen LogP contribution in [0.4, 0.5) is 0 Å². The Kier molecular flexibility index (Phi) is 6.39. The van der Waals surface area contributed by atoms with E-state index in [1.165, 1.54) is 0 Å². The summed E-state index contributed by atoms with van der Waals surface area (Å²) in [6.45, 7) is 6.44. The number of aryl methyl sites for hydroxylation is 1. The van der Waals surface area contributed by atoms with E-state index in [4.69, 9.17) is 14.0 Å². The Labute approximate surface area is 169 Å². The molecule has 0 aromatic carbocycles. The highest BCUT2D eigenvalue weighted by atomic mass is 32.1. The number of thiophene rings is 1. The van der Waals surface area contributed by atoms with E-state index in [0.29, 0.717) is 37.2 Å². The van der Waals surface area contributed by atoms with Crippen LogP contribution in [0.1, 0.15) is 51.4 Å². The molecule has 1 amide bonds. The van der Waals surface area contributed by atoms with E-state index in [2.05, 4.69) is 10.1 Å². The zero-order valence-electron chi connectivity index (χ0n) is 16.3. The molecule has 0 N–H and O–H groups in total. The molecule has 0 saturated carbocycles. The number of nitrogens with zero attached hydrogens (tertiary/aromatic N) is 3. The molecule has 152 valence electrons. The van der Waals surface area contributed by atoms with Crippen LogP contribution in [0.5, 0.6) is 0 Å². The standard InChI is InChI=1S/C20H27N3O4S/c1-14-2-3-17(28-14)20(24)23-8-4-16(12-23)19-21-18(22-27-19)7-11-26-13-15-5-9-25-10-6-15/h2-3,15-16H,4-13H2,1H3.